The predicted octanol–water partition coefficient (Wildman–Crippen LogP) is -2.16. The summed E-state index contributed by atoms with van der Waals surface area (Å²) in [6.45, 7) is 0. The van der Waals surface area contributed by atoms with Crippen LogP contribution in [0.5, 0.6) is 0 Å². The first kappa shape index (κ1) is 7.10. The van der Waals surface area contributed by atoms with E-state index in [0.717, 1.165) is 0 Å². The van der Waals surface area contributed by atoms with Gasteiger partial charge in [0.15, 0.2) is 11.2 Å². The van der Waals surface area contributed by atoms with Crippen molar-refractivity contribution in [3.63, 3.8) is 0 Å². The van der Waals surface area contributed by atoms with Gasteiger partial charge in [-0.05, 0) is 12.2 Å². The van der Waals surface area contributed by atoms with Gasteiger partial charge in [-0.15, -0.1) is 0 Å². The van der Waals surface area contributed by atoms with Crippen molar-refractivity contribution in [3.8, 4) is 0 Å². The fourth-order valence-electron chi connectivity index (χ4n) is 0.530. The van der Waals surface area contributed by atoms with Gasteiger partial charge in [-0.1, -0.05) is 0 Å². The molecule has 1 aliphatic heterocycles. The van der Waals surface area contributed by atoms with E-state index >= 15 is 0 Å². The molecule has 10 heavy (non-hydrogen) atoms. The monoisotopic (exact) mass is 159 g/mol. The molecule has 6 heteroatoms. The van der Waals surface area contributed by atoms with E-state index in [1.807, 2.05) is 0 Å². The molecular weight excluding hydrogens is 154 g/mol. The number of carbonyl (C=O) groups is 2. The van der Waals surface area contributed by atoms with Crippen molar-refractivity contribution in [2.75, 3.05) is 0 Å². The lowest BCUT2D eigenvalue weighted by Crippen LogP contribution is -2.61. The van der Waals surface area contributed by atoms with Crippen LogP contribution in [-0.4, -0.2) is 23.0 Å². The molecule has 1 rings (SSSR count). The summed E-state index contributed by atoms with van der Waals surface area (Å²) in [7, 11) is 0. The lowest BCUT2D eigenvalue weighted by atomic mass is 10.2. The SMILES string of the molecule is NC1C(=O)NC(=S)NC1=O. The Balaban J connectivity index is 2.76. The molecule has 0 bridgehead atoms. The highest BCUT2D eigenvalue weighted by Crippen LogP contribution is 1.86. The third-order valence-electron chi connectivity index (χ3n) is 1.04. The van der Waals surface area contributed by atoms with Crippen LogP contribution < -0.4 is 16.4 Å². The van der Waals surface area contributed by atoms with Crippen molar-refractivity contribution in [3.05, 3.63) is 0 Å². The average Bonchev–Trinajstić information content (AvgIpc) is 1.82. The van der Waals surface area contributed by atoms with Gasteiger partial charge < -0.3 is 16.4 Å². The first-order chi connectivity index (χ1) is 4.61. The van der Waals surface area contributed by atoms with E-state index < -0.39 is 17.9 Å². The first-order valence-electron chi connectivity index (χ1n) is 2.52. The number of amides is 2. The van der Waals surface area contributed by atoms with Gasteiger partial charge in [0.05, 0.1) is 0 Å². The Hall–Kier alpha value is -1.01. The van der Waals surface area contributed by atoms with Crippen molar-refractivity contribution in [1.29, 1.82) is 0 Å². The van der Waals surface area contributed by atoms with Crippen LogP contribution in [0.2, 0.25) is 0 Å². The molecule has 54 valence electrons. The maximum atomic E-state index is 10.6. The highest BCUT2D eigenvalue weighted by molar-refractivity contribution is 7.80. The zero-order chi connectivity index (χ0) is 7.72. The summed E-state index contributed by atoms with van der Waals surface area (Å²) in [6, 6.07) is -1.13. The predicted molar refractivity (Wildman–Crippen MR) is 36.9 cm³/mol. The zero-order valence-electron chi connectivity index (χ0n) is 4.88. The van der Waals surface area contributed by atoms with Crippen LogP contribution in [-0.2, 0) is 9.59 Å². The van der Waals surface area contributed by atoms with Gasteiger partial charge in [-0.3, -0.25) is 9.59 Å². The van der Waals surface area contributed by atoms with E-state index in [1.54, 1.807) is 0 Å². The van der Waals surface area contributed by atoms with E-state index in [2.05, 4.69) is 22.9 Å². The van der Waals surface area contributed by atoms with E-state index in [0.29, 0.717) is 0 Å². The van der Waals surface area contributed by atoms with Crippen molar-refractivity contribution >= 4 is 29.1 Å². The summed E-state index contributed by atoms with van der Waals surface area (Å²) in [5, 5.41) is 4.40. The Morgan fingerprint density at radius 3 is 2.10 bits per heavy atom. The maximum Gasteiger partial charge on any atom is 0.252 e. The minimum Gasteiger partial charge on any atom is -0.312 e. The molecule has 1 fully saturated rings. The largest absolute Gasteiger partial charge is 0.312 e. The quantitative estimate of drug-likeness (QED) is 0.278. The van der Waals surface area contributed by atoms with Crippen LogP contribution in [0.4, 0.5) is 0 Å². The molecule has 0 aliphatic carbocycles. The number of nitrogens with one attached hydrogen (secondary N) is 2. The minimum absolute atomic E-state index is 0.0108. The lowest BCUT2D eigenvalue weighted by Gasteiger charge is -2.18. The summed E-state index contributed by atoms with van der Waals surface area (Å²) in [5.41, 5.74) is 5.10. The molecule has 0 unspecified atom stereocenters. The highest BCUT2D eigenvalue weighted by Gasteiger charge is 2.28. The highest BCUT2D eigenvalue weighted by atomic mass is 32.1. The van der Waals surface area contributed by atoms with Crippen molar-refractivity contribution in [1.82, 2.24) is 10.6 Å². The molecule has 0 aromatic heterocycles. The second kappa shape index (κ2) is 2.31. The van der Waals surface area contributed by atoms with Crippen LogP contribution in [0.3, 0.4) is 0 Å². The first-order valence-corrected chi connectivity index (χ1v) is 2.93. The molecule has 1 saturated heterocycles. The standard InChI is InChI=1S/C4H5N3O2S/c5-1-2(8)6-4(10)7-3(1)9/h1H,5H2,(H2,6,7,8,9,10). The van der Waals surface area contributed by atoms with Crippen LogP contribution >= 0.6 is 12.2 Å². The molecule has 0 saturated carbocycles. The molecule has 2 amide bonds. The summed E-state index contributed by atoms with van der Waals surface area (Å²) in [4.78, 5) is 21.3. The number of nitrogens with two attached hydrogens (primary N) is 1. The molecular formula is C4H5N3O2S. The molecule has 0 atom stereocenters. The Morgan fingerprint density at radius 2 is 1.70 bits per heavy atom. The number of hydrogen-bond donors (Lipinski definition) is 3. The van der Waals surface area contributed by atoms with Crippen molar-refractivity contribution in [2.45, 2.75) is 6.04 Å². The fraction of sp³-hybridized carbons (Fsp3) is 0.250. The number of thiocarbonyl (C=S) groups is 1. The van der Waals surface area contributed by atoms with Gasteiger partial charge in [0.25, 0.3) is 11.8 Å². The molecule has 0 aromatic rings. The third kappa shape index (κ3) is 1.12. The van der Waals surface area contributed by atoms with E-state index in [4.69, 9.17) is 5.73 Å². The van der Waals surface area contributed by atoms with Crippen LogP contribution in [0.15, 0.2) is 0 Å². The molecule has 0 radical (unpaired) electrons. The second-order valence-corrected chi connectivity index (χ2v) is 2.19. The second-order valence-electron chi connectivity index (χ2n) is 1.79. The number of hydrogen-bond acceptors (Lipinski definition) is 4. The van der Waals surface area contributed by atoms with Gasteiger partial charge >= 0.3 is 0 Å². The van der Waals surface area contributed by atoms with Gasteiger partial charge in [0, 0.05) is 0 Å². The normalized spacial score (nSPS) is 20.3. The average molecular weight is 159 g/mol. The Bertz CT molecular complexity index is 195. The van der Waals surface area contributed by atoms with Crippen molar-refractivity contribution in [2.24, 2.45) is 5.73 Å². The summed E-state index contributed by atoms with van der Waals surface area (Å²) in [6.07, 6.45) is 0. The van der Waals surface area contributed by atoms with Crippen LogP contribution in [0.1, 0.15) is 0 Å². The summed E-state index contributed by atoms with van der Waals surface area (Å²) < 4.78 is 0. The number of rotatable bonds is 0. The van der Waals surface area contributed by atoms with Gasteiger partial charge in [0.2, 0.25) is 0 Å². The maximum absolute atomic E-state index is 10.6. The van der Waals surface area contributed by atoms with Crippen LogP contribution in [0, 0.1) is 0 Å². The van der Waals surface area contributed by atoms with Gasteiger partial charge in [0.1, 0.15) is 0 Å². The Labute approximate surface area is 61.9 Å². The third-order valence-corrected chi connectivity index (χ3v) is 1.24. The van der Waals surface area contributed by atoms with Crippen LogP contribution in [0.25, 0.3) is 0 Å². The van der Waals surface area contributed by atoms with Gasteiger partial charge in [-0.2, -0.15) is 0 Å². The minimum atomic E-state index is -1.13. The lowest BCUT2D eigenvalue weighted by molar-refractivity contribution is -0.131. The number of carbonyl (C=O) groups excluding carboxylic acids is 2. The molecule has 4 N–H and O–H groups in total. The molecule has 1 heterocycles. The Morgan fingerprint density at radius 1 is 1.30 bits per heavy atom. The Kier molecular flexibility index (Phi) is 1.64. The fourth-order valence-corrected chi connectivity index (χ4v) is 0.731. The molecule has 5 nitrogen and oxygen atoms in total. The topological polar surface area (TPSA) is 84.2 Å². The molecule has 1 aliphatic rings. The van der Waals surface area contributed by atoms with E-state index in [1.165, 1.54) is 0 Å². The molecule has 0 aromatic carbocycles. The van der Waals surface area contributed by atoms with E-state index in [-0.39, 0.29) is 5.11 Å². The van der Waals surface area contributed by atoms with Gasteiger partial charge in [-0.25, -0.2) is 0 Å². The summed E-state index contributed by atoms with van der Waals surface area (Å²) >= 11 is 4.49. The van der Waals surface area contributed by atoms with Crippen molar-refractivity contribution < 1.29 is 9.59 Å². The smallest absolute Gasteiger partial charge is 0.252 e. The summed E-state index contributed by atoms with van der Waals surface area (Å²) in [5.74, 6) is -1.12. The molecule has 0 spiro atoms. The van der Waals surface area contributed by atoms with E-state index in [9.17, 15) is 9.59 Å². The zero-order valence-corrected chi connectivity index (χ0v) is 5.70.